The maximum atomic E-state index is 12.3. The van der Waals surface area contributed by atoms with Crippen LogP contribution in [0.25, 0.3) is 0 Å². The van der Waals surface area contributed by atoms with Gasteiger partial charge in [-0.3, -0.25) is 9.69 Å². The van der Waals surface area contributed by atoms with Crippen LogP contribution in [-0.4, -0.2) is 31.7 Å². The third-order valence-electron chi connectivity index (χ3n) is 3.54. The Bertz CT molecular complexity index is 751. The van der Waals surface area contributed by atoms with Crippen molar-refractivity contribution in [2.75, 3.05) is 25.7 Å². The van der Waals surface area contributed by atoms with E-state index in [1.807, 2.05) is 12.1 Å². The second-order valence-electron chi connectivity index (χ2n) is 4.90. The SMILES string of the molecule is COc1ccc(CN2C(=O)COc3ccc(Br)nc32)c(OC)c1. The molecule has 0 radical (unpaired) electrons. The number of benzene rings is 1. The molecular formula is C16H15BrN2O4. The molecule has 1 amide bonds. The summed E-state index contributed by atoms with van der Waals surface area (Å²) >= 11 is 3.32. The van der Waals surface area contributed by atoms with E-state index in [2.05, 4.69) is 20.9 Å². The van der Waals surface area contributed by atoms with Crippen LogP contribution >= 0.6 is 15.9 Å². The van der Waals surface area contributed by atoms with Crippen LogP contribution in [0.5, 0.6) is 17.2 Å². The number of nitrogens with zero attached hydrogens (tertiary/aromatic N) is 2. The largest absolute Gasteiger partial charge is 0.497 e. The topological polar surface area (TPSA) is 60.9 Å². The highest BCUT2D eigenvalue weighted by atomic mass is 79.9. The van der Waals surface area contributed by atoms with Gasteiger partial charge in [0.25, 0.3) is 5.91 Å². The summed E-state index contributed by atoms with van der Waals surface area (Å²) < 4.78 is 16.7. The quantitative estimate of drug-likeness (QED) is 0.765. The third-order valence-corrected chi connectivity index (χ3v) is 3.98. The summed E-state index contributed by atoms with van der Waals surface area (Å²) in [5.41, 5.74) is 0.858. The number of carbonyl (C=O) groups is 1. The lowest BCUT2D eigenvalue weighted by molar-refractivity contribution is -0.121. The van der Waals surface area contributed by atoms with Gasteiger partial charge in [-0.1, -0.05) is 0 Å². The zero-order valence-electron chi connectivity index (χ0n) is 12.7. The Balaban J connectivity index is 1.97. The molecule has 2 heterocycles. The fourth-order valence-electron chi connectivity index (χ4n) is 2.37. The van der Waals surface area contributed by atoms with Gasteiger partial charge in [0, 0.05) is 11.6 Å². The number of fused-ring (bicyclic) bond motifs is 1. The number of aromatic nitrogens is 1. The normalized spacial score (nSPS) is 13.3. The molecule has 0 N–H and O–H groups in total. The Hall–Kier alpha value is -2.28. The number of hydrogen-bond acceptors (Lipinski definition) is 5. The van der Waals surface area contributed by atoms with Gasteiger partial charge < -0.3 is 14.2 Å². The number of pyridine rings is 1. The highest BCUT2D eigenvalue weighted by Gasteiger charge is 2.28. The van der Waals surface area contributed by atoms with E-state index in [4.69, 9.17) is 14.2 Å². The van der Waals surface area contributed by atoms with Crippen molar-refractivity contribution in [3.05, 3.63) is 40.5 Å². The number of ether oxygens (including phenoxy) is 3. The molecule has 0 saturated carbocycles. The summed E-state index contributed by atoms with van der Waals surface area (Å²) in [6, 6.07) is 9.06. The van der Waals surface area contributed by atoms with Gasteiger partial charge in [-0.2, -0.15) is 0 Å². The molecule has 2 aromatic rings. The molecule has 1 aromatic heterocycles. The molecular weight excluding hydrogens is 364 g/mol. The maximum absolute atomic E-state index is 12.3. The fourth-order valence-corrected chi connectivity index (χ4v) is 2.67. The second-order valence-corrected chi connectivity index (χ2v) is 5.71. The van der Waals surface area contributed by atoms with Gasteiger partial charge in [0.1, 0.15) is 16.1 Å². The van der Waals surface area contributed by atoms with Crippen molar-refractivity contribution in [2.45, 2.75) is 6.54 Å². The van der Waals surface area contributed by atoms with Gasteiger partial charge in [0.15, 0.2) is 18.2 Å². The molecule has 0 saturated heterocycles. The number of carbonyl (C=O) groups excluding carboxylic acids is 1. The summed E-state index contributed by atoms with van der Waals surface area (Å²) in [5.74, 6) is 2.27. The minimum atomic E-state index is -0.152. The molecule has 7 heteroatoms. The number of methoxy groups -OCH3 is 2. The molecule has 0 fully saturated rings. The van der Waals surface area contributed by atoms with E-state index in [0.29, 0.717) is 34.2 Å². The number of rotatable bonds is 4. The van der Waals surface area contributed by atoms with E-state index in [1.54, 1.807) is 37.3 Å². The molecule has 23 heavy (non-hydrogen) atoms. The molecule has 0 bridgehead atoms. The Labute approximate surface area is 142 Å². The highest BCUT2D eigenvalue weighted by molar-refractivity contribution is 9.10. The fraction of sp³-hybridized carbons (Fsp3) is 0.250. The summed E-state index contributed by atoms with van der Waals surface area (Å²) in [6.07, 6.45) is 0. The number of hydrogen-bond donors (Lipinski definition) is 0. The first-order chi connectivity index (χ1) is 11.1. The first-order valence-corrected chi connectivity index (χ1v) is 7.72. The van der Waals surface area contributed by atoms with E-state index < -0.39 is 0 Å². The van der Waals surface area contributed by atoms with Crippen molar-refractivity contribution in [3.63, 3.8) is 0 Å². The van der Waals surface area contributed by atoms with Crippen LogP contribution in [0.3, 0.4) is 0 Å². The Kier molecular flexibility index (Phi) is 4.38. The van der Waals surface area contributed by atoms with Crippen molar-refractivity contribution in [2.24, 2.45) is 0 Å². The minimum Gasteiger partial charge on any atom is -0.497 e. The summed E-state index contributed by atoms with van der Waals surface area (Å²) in [4.78, 5) is 18.2. The first-order valence-electron chi connectivity index (χ1n) is 6.93. The van der Waals surface area contributed by atoms with Gasteiger partial charge in [-0.05, 0) is 40.2 Å². The molecule has 1 aromatic carbocycles. The number of halogens is 1. The molecule has 0 unspecified atom stereocenters. The van der Waals surface area contributed by atoms with Crippen LogP contribution in [-0.2, 0) is 11.3 Å². The standard InChI is InChI=1S/C16H15BrN2O4/c1-21-11-4-3-10(13(7-11)22-2)8-19-15(20)9-23-12-5-6-14(17)18-16(12)19/h3-7H,8-9H2,1-2H3. The van der Waals surface area contributed by atoms with Crippen LogP contribution in [0.15, 0.2) is 34.9 Å². The number of amides is 1. The monoisotopic (exact) mass is 378 g/mol. The molecule has 1 aliphatic rings. The van der Waals surface area contributed by atoms with Gasteiger partial charge >= 0.3 is 0 Å². The van der Waals surface area contributed by atoms with Crippen LogP contribution < -0.4 is 19.1 Å². The molecule has 3 rings (SSSR count). The average molecular weight is 379 g/mol. The average Bonchev–Trinajstić information content (AvgIpc) is 2.57. The molecule has 1 aliphatic heterocycles. The van der Waals surface area contributed by atoms with E-state index in [9.17, 15) is 4.79 Å². The van der Waals surface area contributed by atoms with E-state index >= 15 is 0 Å². The van der Waals surface area contributed by atoms with Crippen LogP contribution in [0.2, 0.25) is 0 Å². The van der Waals surface area contributed by atoms with Crippen molar-refractivity contribution >= 4 is 27.7 Å². The smallest absolute Gasteiger partial charge is 0.266 e. The van der Waals surface area contributed by atoms with Gasteiger partial charge in [-0.15, -0.1) is 0 Å². The molecule has 6 nitrogen and oxygen atoms in total. The lowest BCUT2D eigenvalue weighted by atomic mass is 10.1. The predicted molar refractivity (Wildman–Crippen MR) is 88.2 cm³/mol. The summed E-state index contributed by atoms with van der Waals surface area (Å²) in [7, 11) is 3.18. The third kappa shape index (κ3) is 3.10. The maximum Gasteiger partial charge on any atom is 0.266 e. The Morgan fingerprint density at radius 3 is 2.83 bits per heavy atom. The predicted octanol–water partition coefficient (Wildman–Crippen LogP) is 2.79. The van der Waals surface area contributed by atoms with Crippen molar-refractivity contribution in [3.8, 4) is 17.2 Å². The van der Waals surface area contributed by atoms with Crippen molar-refractivity contribution in [1.29, 1.82) is 0 Å². The molecule has 0 spiro atoms. The van der Waals surface area contributed by atoms with Crippen molar-refractivity contribution < 1.29 is 19.0 Å². The molecule has 0 aliphatic carbocycles. The summed E-state index contributed by atoms with van der Waals surface area (Å²) in [6.45, 7) is 0.334. The van der Waals surface area contributed by atoms with Crippen LogP contribution in [0.1, 0.15) is 5.56 Å². The van der Waals surface area contributed by atoms with Crippen LogP contribution in [0.4, 0.5) is 5.82 Å². The van der Waals surface area contributed by atoms with Crippen LogP contribution in [0, 0.1) is 0 Å². The summed E-state index contributed by atoms with van der Waals surface area (Å²) in [5, 5.41) is 0. The zero-order valence-corrected chi connectivity index (χ0v) is 14.3. The molecule has 0 atom stereocenters. The van der Waals surface area contributed by atoms with Crippen molar-refractivity contribution in [1.82, 2.24) is 4.98 Å². The Morgan fingerprint density at radius 2 is 2.09 bits per heavy atom. The zero-order chi connectivity index (χ0) is 16.4. The van der Waals surface area contributed by atoms with E-state index in [1.165, 1.54) is 0 Å². The number of anilines is 1. The molecule has 120 valence electrons. The highest BCUT2D eigenvalue weighted by Crippen LogP contribution is 2.34. The van der Waals surface area contributed by atoms with Gasteiger partial charge in [0.2, 0.25) is 0 Å². The van der Waals surface area contributed by atoms with Gasteiger partial charge in [0.05, 0.1) is 20.8 Å². The lowest BCUT2D eigenvalue weighted by Crippen LogP contribution is -2.39. The van der Waals surface area contributed by atoms with Gasteiger partial charge in [-0.25, -0.2) is 4.98 Å². The van der Waals surface area contributed by atoms with E-state index in [-0.39, 0.29) is 12.5 Å². The lowest BCUT2D eigenvalue weighted by Gasteiger charge is -2.28. The minimum absolute atomic E-state index is 0.00518. The second kappa shape index (κ2) is 6.45. The van der Waals surface area contributed by atoms with E-state index in [0.717, 1.165) is 5.56 Å². The Morgan fingerprint density at radius 1 is 1.26 bits per heavy atom. The first kappa shape index (κ1) is 15.6.